The van der Waals surface area contributed by atoms with E-state index in [2.05, 4.69) is 0 Å². The first-order valence-corrected chi connectivity index (χ1v) is 9.41. The van der Waals surface area contributed by atoms with Gasteiger partial charge >= 0.3 is 0 Å². The van der Waals surface area contributed by atoms with E-state index in [1.807, 2.05) is 0 Å². The third-order valence-corrected chi connectivity index (χ3v) is 6.02. The molecular weight excluding hydrogens is 387 g/mol. The third kappa shape index (κ3) is 3.04. The Bertz CT molecular complexity index is 1000. The summed E-state index contributed by atoms with van der Waals surface area (Å²) in [5, 5.41) is 1.61. The summed E-state index contributed by atoms with van der Waals surface area (Å²) in [5.74, 6) is 0.681. The number of hydrogen-bond donors (Lipinski definition) is 0. The zero-order chi connectivity index (χ0) is 18.4. The van der Waals surface area contributed by atoms with Gasteiger partial charge in [0.1, 0.15) is 5.76 Å². The van der Waals surface area contributed by atoms with Gasteiger partial charge in [0.05, 0.1) is 22.4 Å². The Morgan fingerprint density at radius 2 is 1.88 bits per heavy atom. The maximum Gasteiger partial charge on any atom is 0.263 e. The van der Waals surface area contributed by atoms with Crippen molar-refractivity contribution in [1.29, 1.82) is 0 Å². The van der Waals surface area contributed by atoms with Crippen molar-refractivity contribution in [2.24, 2.45) is 0 Å². The third-order valence-electron chi connectivity index (χ3n) is 4.38. The second-order valence-corrected chi connectivity index (χ2v) is 7.91. The minimum atomic E-state index is -2.58. The lowest BCUT2D eigenvalue weighted by Gasteiger charge is -2.16. The summed E-state index contributed by atoms with van der Waals surface area (Å²) in [5.41, 5.74) is 1.01. The van der Waals surface area contributed by atoms with Crippen molar-refractivity contribution >= 4 is 33.4 Å². The van der Waals surface area contributed by atoms with Gasteiger partial charge in [-0.15, -0.1) is 9.60 Å². The number of rotatable bonds is 3. The van der Waals surface area contributed by atoms with Crippen LogP contribution < -0.4 is 0 Å². The Morgan fingerprint density at radius 3 is 2.58 bits per heavy atom. The molecule has 4 rings (SSSR count). The quantitative estimate of drug-likeness (QED) is 0.550. The molecule has 0 N–H and O–H groups in total. The molecule has 0 amide bonds. The van der Waals surface area contributed by atoms with Crippen molar-refractivity contribution in [3.63, 3.8) is 0 Å². The Kier molecular flexibility index (Phi) is 4.54. The van der Waals surface area contributed by atoms with E-state index in [1.165, 1.54) is 30.3 Å². The van der Waals surface area contributed by atoms with Crippen LogP contribution in [0, 0.1) is 0 Å². The largest absolute Gasteiger partial charge is 0.459 e. The number of alkyl halides is 2. The fourth-order valence-electron chi connectivity index (χ4n) is 3.06. The van der Waals surface area contributed by atoms with Gasteiger partial charge in [0, 0.05) is 39.3 Å². The normalized spacial score (nSPS) is 16.2. The van der Waals surface area contributed by atoms with E-state index in [0.717, 1.165) is 0 Å². The SMILES string of the molecule is O=S(c1ccc(C(F)F)cc1)c1cc(Cl)c2oc3c(c2c1)CN(F)CC3. The maximum atomic E-state index is 13.6. The molecule has 3 aromatic rings. The van der Waals surface area contributed by atoms with Crippen molar-refractivity contribution in [1.82, 2.24) is 5.12 Å². The number of fused-ring (bicyclic) bond motifs is 3. The molecule has 2 heterocycles. The lowest BCUT2D eigenvalue weighted by Crippen LogP contribution is -2.21. The molecule has 1 aromatic heterocycles. The van der Waals surface area contributed by atoms with Crippen molar-refractivity contribution < 1.29 is 21.9 Å². The van der Waals surface area contributed by atoms with Crippen LogP contribution in [0.15, 0.2) is 50.6 Å². The summed E-state index contributed by atoms with van der Waals surface area (Å²) in [6, 6.07) is 8.51. The molecule has 0 bridgehead atoms. The summed E-state index contributed by atoms with van der Waals surface area (Å²) < 4.78 is 57.5. The highest BCUT2D eigenvalue weighted by Gasteiger charge is 2.25. The monoisotopic (exact) mass is 399 g/mol. The van der Waals surface area contributed by atoms with Crippen LogP contribution in [0.5, 0.6) is 0 Å². The van der Waals surface area contributed by atoms with Gasteiger partial charge in [-0.1, -0.05) is 23.7 Å². The number of furan rings is 1. The molecule has 1 aliphatic rings. The Labute approximate surface area is 154 Å². The summed E-state index contributed by atoms with van der Waals surface area (Å²) in [4.78, 5) is 0.793. The maximum absolute atomic E-state index is 13.6. The fourth-order valence-corrected chi connectivity index (χ4v) is 4.49. The molecule has 0 fully saturated rings. The molecule has 2 aromatic carbocycles. The molecule has 0 saturated heterocycles. The zero-order valence-corrected chi connectivity index (χ0v) is 14.9. The van der Waals surface area contributed by atoms with Gasteiger partial charge in [0.2, 0.25) is 0 Å². The molecule has 0 spiro atoms. The average Bonchev–Trinajstić information content (AvgIpc) is 3.00. The predicted molar refractivity (Wildman–Crippen MR) is 92.5 cm³/mol. The molecule has 0 radical (unpaired) electrons. The number of hydrogen-bond acceptors (Lipinski definition) is 3. The first-order chi connectivity index (χ1) is 12.4. The van der Waals surface area contributed by atoms with Gasteiger partial charge in [0.25, 0.3) is 6.43 Å². The Hall–Kier alpha value is -1.83. The smallest absolute Gasteiger partial charge is 0.263 e. The highest BCUT2D eigenvalue weighted by Crippen LogP contribution is 2.37. The minimum absolute atomic E-state index is 0.0812. The van der Waals surface area contributed by atoms with Crippen LogP contribution in [-0.4, -0.2) is 15.9 Å². The van der Waals surface area contributed by atoms with Crippen LogP contribution in [0.4, 0.5) is 13.3 Å². The fraction of sp³-hybridized carbons (Fsp3) is 0.222. The number of benzene rings is 2. The standard InChI is InChI=1S/C18H13ClF3NO2S/c19-15-8-12(26(24)11-3-1-10(2-4-11)18(20)21)7-13-14-9-23(22)6-5-16(14)25-17(13)15/h1-4,7-8,18H,5-6,9H2. The highest BCUT2D eigenvalue weighted by molar-refractivity contribution is 7.85. The zero-order valence-electron chi connectivity index (χ0n) is 13.3. The van der Waals surface area contributed by atoms with Crippen molar-refractivity contribution in [3.05, 3.63) is 58.3 Å². The van der Waals surface area contributed by atoms with Gasteiger partial charge < -0.3 is 4.42 Å². The lowest BCUT2D eigenvalue weighted by atomic mass is 10.1. The van der Waals surface area contributed by atoms with Gasteiger partial charge in [-0.3, -0.25) is 0 Å². The average molecular weight is 400 g/mol. The Morgan fingerprint density at radius 1 is 1.15 bits per heavy atom. The van der Waals surface area contributed by atoms with Crippen LogP contribution in [0.2, 0.25) is 5.02 Å². The highest BCUT2D eigenvalue weighted by atomic mass is 35.5. The van der Waals surface area contributed by atoms with Crippen LogP contribution in [-0.2, 0) is 23.8 Å². The molecule has 1 aliphatic heterocycles. The van der Waals surface area contributed by atoms with Gasteiger partial charge in [-0.05, 0) is 24.3 Å². The van der Waals surface area contributed by atoms with E-state index in [-0.39, 0.29) is 23.7 Å². The molecule has 1 unspecified atom stereocenters. The molecular formula is C18H13ClF3NO2S. The predicted octanol–water partition coefficient (Wildman–Crippen LogP) is 5.43. The van der Waals surface area contributed by atoms with E-state index in [0.29, 0.717) is 43.6 Å². The van der Waals surface area contributed by atoms with Crippen LogP contribution in [0.3, 0.4) is 0 Å². The topological polar surface area (TPSA) is 33.5 Å². The van der Waals surface area contributed by atoms with Crippen LogP contribution in [0.25, 0.3) is 11.0 Å². The van der Waals surface area contributed by atoms with Crippen molar-refractivity contribution in [2.75, 3.05) is 6.54 Å². The lowest BCUT2D eigenvalue weighted by molar-refractivity contribution is 0.00815. The van der Waals surface area contributed by atoms with Crippen molar-refractivity contribution in [3.8, 4) is 0 Å². The van der Waals surface area contributed by atoms with Gasteiger partial charge in [0.15, 0.2) is 5.58 Å². The van der Waals surface area contributed by atoms with Crippen molar-refractivity contribution in [2.45, 2.75) is 29.2 Å². The summed E-state index contributed by atoms with van der Waals surface area (Å²) in [7, 11) is -1.61. The van der Waals surface area contributed by atoms with Gasteiger partial charge in [-0.2, -0.15) is 0 Å². The molecule has 136 valence electrons. The molecule has 8 heteroatoms. The first kappa shape index (κ1) is 17.6. The Balaban J connectivity index is 1.76. The summed E-state index contributed by atoms with van der Waals surface area (Å²) in [6.45, 7) is 0.331. The minimum Gasteiger partial charge on any atom is -0.459 e. The number of halogens is 4. The summed E-state index contributed by atoms with van der Waals surface area (Å²) in [6.07, 6.45) is -2.14. The first-order valence-electron chi connectivity index (χ1n) is 7.88. The second kappa shape index (κ2) is 6.72. The number of nitrogens with zero attached hydrogens (tertiary/aromatic N) is 1. The van der Waals surface area contributed by atoms with E-state index >= 15 is 0 Å². The van der Waals surface area contributed by atoms with E-state index < -0.39 is 17.2 Å². The molecule has 26 heavy (non-hydrogen) atoms. The van der Waals surface area contributed by atoms with Crippen LogP contribution >= 0.6 is 11.6 Å². The van der Waals surface area contributed by atoms with E-state index in [4.69, 9.17) is 16.0 Å². The summed E-state index contributed by atoms with van der Waals surface area (Å²) >= 11 is 6.28. The van der Waals surface area contributed by atoms with Gasteiger partial charge in [-0.25, -0.2) is 13.0 Å². The van der Waals surface area contributed by atoms with Crippen LogP contribution in [0.1, 0.15) is 23.3 Å². The molecule has 3 nitrogen and oxygen atoms in total. The second-order valence-electron chi connectivity index (χ2n) is 6.02. The molecule has 0 saturated carbocycles. The molecule has 1 atom stereocenters. The molecule has 0 aliphatic carbocycles. The van der Waals surface area contributed by atoms with E-state index in [1.54, 1.807) is 6.07 Å². The van der Waals surface area contributed by atoms with E-state index in [9.17, 15) is 17.5 Å².